The van der Waals surface area contributed by atoms with Crippen molar-refractivity contribution >= 4 is 23.4 Å². The summed E-state index contributed by atoms with van der Waals surface area (Å²) in [6.07, 6.45) is -7.38. The lowest BCUT2D eigenvalue weighted by Crippen LogP contribution is -2.51. The average Bonchev–Trinajstić information content (AvgIpc) is 3.60. The maximum absolute atomic E-state index is 13.8. The topological polar surface area (TPSA) is 87.7 Å². The van der Waals surface area contributed by atoms with Gasteiger partial charge in [-0.2, -0.15) is 26.3 Å². The number of amides is 3. The van der Waals surface area contributed by atoms with E-state index in [1.165, 1.54) is 24.1 Å². The van der Waals surface area contributed by atoms with Crippen LogP contribution >= 0.6 is 0 Å². The molecule has 1 saturated heterocycles. The van der Waals surface area contributed by atoms with Crippen molar-refractivity contribution in [3.63, 3.8) is 0 Å². The van der Waals surface area contributed by atoms with Crippen LogP contribution in [0.5, 0.6) is 5.75 Å². The standard InChI is InChI=1S/C29H28F7N3O4/c1-43-22-9-5-15(39-10-2-3-23(39)40)12-18(22)26(41)38-25-17-7-6-16(19(17)13-28(31,32)33)24(25)27(42)37-14-4-8-21(30)20(11-14)29(34,35)36/h4-5,8-9,12-14,16-17,24-25H,2-3,6-7,10-11H2,1H3,(H,37,42)(H,38,41)/b19-13-/t14?,16?,17?,24-,25+/m0/s1. The molecule has 3 aliphatic carbocycles. The Hall–Kier alpha value is -3.84. The predicted molar refractivity (Wildman–Crippen MR) is 140 cm³/mol. The van der Waals surface area contributed by atoms with Crippen LogP contribution in [0.4, 0.5) is 36.4 Å². The van der Waals surface area contributed by atoms with Gasteiger partial charge in [-0.3, -0.25) is 14.4 Å². The molecule has 3 fully saturated rings. The number of hydrogen-bond donors (Lipinski definition) is 2. The highest BCUT2D eigenvalue weighted by Gasteiger charge is 2.56. The highest BCUT2D eigenvalue weighted by atomic mass is 19.4. The van der Waals surface area contributed by atoms with Crippen molar-refractivity contribution in [3.05, 3.63) is 59.0 Å². The zero-order chi connectivity index (χ0) is 31.3. The molecule has 232 valence electrons. The van der Waals surface area contributed by atoms with Gasteiger partial charge in [-0.15, -0.1) is 0 Å². The third-order valence-corrected chi connectivity index (χ3v) is 8.50. The number of nitrogens with zero attached hydrogens (tertiary/aromatic N) is 1. The molecule has 7 nitrogen and oxygen atoms in total. The van der Waals surface area contributed by atoms with Crippen LogP contribution in [0.2, 0.25) is 0 Å². The third-order valence-electron chi connectivity index (χ3n) is 8.50. The van der Waals surface area contributed by atoms with Crippen molar-refractivity contribution in [3.8, 4) is 5.75 Å². The van der Waals surface area contributed by atoms with Crippen LogP contribution in [0.15, 0.2) is 53.4 Å². The fourth-order valence-corrected chi connectivity index (χ4v) is 6.69. The summed E-state index contributed by atoms with van der Waals surface area (Å²) in [5.74, 6) is -6.11. The molecular formula is C29H28F7N3O4. The van der Waals surface area contributed by atoms with Gasteiger partial charge in [0.25, 0.3) is 5.91 Å². The van der Waals surface area contributed by atoms with Gasteiger partial charge in [-0.25, -0.2) is 4.39 Å². The number of rotatable bonds is 6. The van der Waals surface area contributed by atoms with Crippen molar-refractivity contribution in [1.82, 2.24) is 10.6 Å². The number of carbonyl (C=O) groups excluding carboxylic acids is 3. The number of fused-ring (bicyclic) bond motifs is 2. The van der Waals surface area contributed by atoms with Crippen molar-refractivity contribution in [2.45, 2.75) is 56.5 Å². The second kappa shape index (κ2) is 11.3. The fraction of sp³-hybridized carbons (Fsp3) is 0.483. The van der Waals surface area contributed by atoms with Crippen LogP contribution < -0.4 is 20.3 Å². The van der Waals surface area contributed by atoms with E-state index in [1.807, 2.05) is 0 Å². The van der Waals surface area contributed by atoms with Crippen LogP contribution in [-0.4, -0.2) is 55.8 Å². The quantitative estimate of drug-likeness (QED) is 0.336. The molecule has 1 aromatic rings. The fourth-order valence-electron chi connectivity index (χ4n) is 6.69. The van der Waals surface area contributed by atoms with Crippen molar-refractivity contribution < 1.29 is 49.9 Å². The Bertz CT molecular complexity index is 1420. The highest BCUT2D eigenvalue weighted by Crippen LogP contribution is 2.54. The molecule has 1 aromatic carbocycles. The number of hydrogen-bond acceptors (Lipinski definition) is 4. The van der Waals surface area contributed by atoms with E-state index in [0.717, 1.165) is 6.08 Å². The Morgan fingerprint density at radius 2 is 1.79 bits per heavy atom. The summed E-state index contributed by atoms with van der Waals surface area (Å²) in [5, 5.41) is 5.11. The summed E-state index contributed by atoms with van der Waals surface area (Å²) in [4.78, 5) is 40.9. The van der Waals surface area contributed by atoms with Gasteiger partial charge in [-0.1, -0.05) is 11.6 Å². The number of allylic oxidation sites excluding steroid dienone is 3. The van der Waals surface area contributed by atoms with E-state index in [9.17, 15) is 45.1 Å². The first kappa shape index (κ1) is 30.6. The van der Waals surface area contributed by atoms with Gasteiger partial charge in [0.1, 0.15) is 11.6 Å². The van der Waals surface area contributed by atoms with Gasteiger partial charge in [0.15, 0.2) is 0 Å². The highest BCUT2D eigenvalue weighted by molar-refractivity contribution is 6.01. The first-order valence-electron chi connectivity index (χ1n) is 13.7. The first-order chi connectivity index (χ1) is 20.2. The average molecular weight is 616 g/mol. The Morgan fingerprint density at radius 1 is 1.07 bits per heavy atom. The summed E-state index contributed by atoms with van der Waals surface area (Å²) in [5.41, 5.74) is -1.10. The smallest absolute Gasteiger partial charge is 0.415 e. The third kappa shape index (κ3) is 6.14. The van der Waals surface area contributed by atoms with E-state index < -0.39 is 71.8 Å². The van der Waals surface area contributed by atoms with Crippen LogP contribution in [0.3, 0.4) is 0 Å². The van der Waals surface area contributed by atoms with Gasteiger partial charge >= 0.3 is 12.4 Å². The lowest BCUT2D eigenvalue weighted by atomic mass is 9.83. The largest absolute Gasteiger partial charge is 0.496 e. The molecule has 1 aliphatic heterocycles. The van der Waals surface area contributed by atoms with E-state index in [0.29, 0.717) is 31.1 Å². The molecule has 3 amide bonds. The summed E-state index contributed by atoms with van der Waals surface area (Å²) >= 11 is 0. The van der Waals surface area contributed by atoms with E-state index in [1.54, 1.807) is 6.07 Å². The molecule has 4 aliphatic rings. The van der Waals surface area contributed by atoms with E-state index in [-0.39, 0.29) is 41.7 Å². The molecule has 3 unspecified atom stereocenters. The minimum absolute atomic E-state index is 0.00590. The summed E-state index contributed by atoms with van der Waals surface area (Å²) < 4.78 is 99.4. The maximum Gasteiger partial charge on any atom is 0.415 e. The molecule has 5 atom stereocenters. The van der Waals surface area contributed by atoms with Crippen molar-refractivity contribution in [1.29, 1.82) is 0 Å². The zero-order valence-electron chi connectivity index (χ0n) is 22.8. The summed E-state index contributed by atoms with van der Waals surface area (Å²) in [6, 6.07) is 2.13. The number of halogens is 7. The van der Waals surface area contributed by atoms with Gasteiger partial charge in [0.2, 0.25) is 11.8 Å². The Labute approximate surface area is 241 Å². The Morgan fingerprint density at radius 3 is 2.42 bits per heavy atom. The molecule has 5 rings (SSSR count). The van der Waals surface area contributed by atoms with Gasteiger partial charge in [0.05, 0.1) is 30.2 Å². The number of nitrogens with one attached hydrogen (secondary N) is 2. The number of ether oxygens (including phenoxy) is 1. The lowest BCUT2D eigenvalue weighted by Gasteiger charge is -2.32. The minimum Gasteiger partial charge on any atom is -0.496 e. The predicted octanol–water partition coefficient (Wildman–Crippen LogP) is 5.30. The number of anilines is 1. The second-order valence-corrected chi connectivity index (χ2v) is 11.0. The van der Waals surface area contributed by atoms with E-state index in [4.69, 9.17) is 4.74 Å². The summed E-state index contributed by atoms with van der Waals surface area (Å²) in [7, 11) is 1.31. The van der Waals surface area contributed by atoms with Crippen LogP contribution in [-0.2, 0) is 9.59 Å². The molecular weight excluding hydrogens is 587 g/mol. The Balaban J connectivity index is 1.43. The zero-order valence-corrected chi connectivity index (χ0v) is 22.8. The molecule has 0 aromatic heterocycles. The van der Waals surface area contributed by atoms with Crippen LogP contribution in [0.1, 0.15) is 42.5 Å². The summed E-state index contributed by atoms with van der Waals surface area (Å²) in [6.45, 7) is 0.442. The normalized spacial score (nSPS) is 28.2. The molecule has 0 radical (unpaired) electrons. The number of carbonyl (C=O) groups is 3. The van der Waals surface area contributed by atoms with E-state index >= 15 is 0 Å². The second-order valence-electron chi connectivity index (χ2n) is 11.0. The SMILES string of the molecule is COc1ccc(N2CCCC2=O)cc1C(=O)N[C@@H]1C2CCC(/C2=C/C(F)(F)F)[C@@H]1C(=O)NC1C=CC(F)=C(C(F)(F)F)C1. The minimum atomic E-state index is -4.98. The number of methoxy groups -OCH3 is 1. The molecule has 0 spiro atoms. The molecule has 14 heteroatoms. The van der Waals surface area contributed by atoms with Crippen LogP contribution in [0, 0.1) is 17.8 Å². The Kier molecular flexibility index (Phi) is 8.07. The first-order valence-corrected chi connectivity index (χ1v) is 13.7. The molecule has 1 heterocycles. The molecule has 43 heavy (non-hydrogen) atoms. The molecule has 2 bridgehead atoms. The van der Waals surface area contributed by atoms with Crippen molar-refractivity contribution in [2.75, 3.05) is 18.6 Å². The van der Waals surface area contributed by atoms with Crippen molar-refractivity contribution in [2.24, 2.45) is 17.8 Å². The van der Waals surface area contributed by atoms with Gasteiger partial charge in [0, 0.05) is 43.1 Å². The lowest BCUT2D eigenvalue weighted by molar-refractivity contribution is -0.128. The molecule has 2 N–H and O–H groups in total. The number of alkyl halides is 6. The van der Waals surface area contributed by atoms with Crippen LogP contribution in [0.25, 0.3) is 0 Å². The molecule has 2 saturated carbocycles. The monoisotopic (exact) mass is 615 g/mol. The number of benzene rings is 1. The van der Waals surface area contributed by atoms with Gasteiger partial charge in [-0.05, 0) is 49.5 Å². The van der Waals surface area contributed by atoms with E-state index in [2.05, 4.69) is 10.6 Å². The maximum atomic E-state index is 13.8. The van der Waals surface area contributed by atoms with Gasteiger partial charge < -0.3 is 20.3 Å².